The number of benzene rings is 1. The largest absolute Gasteiger partial charge is 0.396 e. The number of aliphatic hydroxyl groups excluding tert-OH is 1. The zero-order chi connectivity index (χ0) is 14.0. The Labute approximate surface area is 117 Å². The molecule has 0 aromatic heterocycles. The minimum Gasteiger partial charge on any atom is -0.396 e. The topological polar surface area (TPSA) is 61.4 Å². The first-order chi connectivity index (χ1) is 8.96. The van der Waals surface area contributed by atoms with Crippen LogP contribution in [0.2, 0.25) is 0 Å². The molecule has 7 heteroatoms. The second-order valence-electron chi connectivity index (χ2n) is 4.71. The van der Waals surface area contributed by atoms with Crippen molar-refractivity contribution in [2.45, 2.75) is 12.8 Å². The minimum atomic E-state index is -0.856. The van der Waals surface area contributed by atoms with Crippen LogP contribution in [0.5, 0.6) is 0 Å². The van der Waals surface area contributed by atoms with Crippen LogP contribution in [-0.4, -0.2) is 24.3 Å². The number of aliphatic hydroxyl groups is 1. The molecule has 1 aromatic rings. The number of halogens is 3. The molecule has 1 aliphatic rings. The van der Waals surface area contributed by atoms with E-state index in [4.69, 9.17) is 5.11 Å². The zero-order valence-corrected chi connectivity index (χ0v) is 11.6. The molecule has 2 rings (SSSR count). The molecule has 1 aliphatic carbocycles. The number of rotatable bonds is 4. The zero-order valence-electron chi connectivity index (χ0n) is 9.97. The van der Waals surface area contributed by atoms with Crippen molar-refractivity contribution < 1.29 is 18.7 Å². The Morgan fingerprint density at radius 2 is 1.95 bits per heavy atom. The maximum Gasteiger partial charge on any atom is 0.319 e. The van der Waals surface area contributed by atoms with Gasteiger partial charge in [0.15, 0.2) is 11.6 Å². The molecule has 2 amide bonds. The predicted molar refractivity (Wildman–Crippen MR) is 69.8 cm³/mol. The molecule has 19 heavy (non-hydrogen) atoms. The molecule has 1 aromatic carbocycles. The van der Waals surface area contributed by atoms with Crippen molar-refractivity contribution in [3.8, 4) is 0 Å². The van der Waals surface area contributed by atoms with Gasteiger partial charge >= 0.3 is 6.03 Å². The molecular formula is C12H13BrF2N2O2. The highest BCUT2D eigenvalue weighted by molar-refractivity contribution is 9.10. The number of hydrogen-bond acceptors (Lipinski definition) is 2. The van der Waals surface area contributed by atoms with Crippen LogP contribution in [-0.2, 0) is 0 Å². The fraction of sp³-hybridized carbons (Fsp3) is 0.417. The van der Waals surface area contributed by atoms with Crippen LogP contribution in [0.25, 0.3) is 0 Å². The van der Waals surface area contributed by atoms with E-state index in [1.807, 2.05) is 0 Å². The predicted octanol–water partition coefficient (Wildman–Crippen LogP) is 2.62. The van der Waals surface area contributed by atoms with E-state index in [2.05, 4.69) is 26.6 Å². The van der Waals surface area contributed by atoms with E-state index in [9.17, 15) is 13.6 Å². The van der Waals surface area contributed by atoms with Gasteiger partial charge in [0.05, 0.1) is 6.61 Å². The Morgan fingerprint density at radius 3 is 2.42 bits per heavy atom. The van der Waals surface area contributed by atoms with Crippen molar-refractivity contribution in [1.82, 2.24) is 5.32 Å². The number of nitrogens with one attached hydrogen (secondary N) is 2. The van der Waals surface area contributed by atoms with E-state index in [-0.39, 0.29) is 23.0 Å². The van der Waals surface area contributed by atoms with Crippen molar-refractivity contribution in [3.63, 3.8) is 0 Å². The highest BCUT2D eigenvalue weighted by Crippen LogP contribution is 2.44. The first-order valence-electron chi connectivity index (χ1n) is 5.76. The third kappa shape index (κ3) is 3.42. The lowest BCUT2D eigenvalue weighted by molar-refractivity contribution is 0.206. The quantitative estimate of drug-likeness (QED) is 0.792. The number of carbonyl (C=O) groups is 1. The lowest BCUT2D eigenvalue weighted by atomic mass is 10.1. The molecule has 0 aliphatic heterocycles. The van der Waals surface area contributed by atoms with Gasteiger partial charge in [0, 0.05) is 16.4 Å². The SMILES string of the molecule is O=C(NCC1(CO)CC1)Nc1c(F)cc(Br)cc1F. The van der Waals surface area contributed by atoms with E-state index in [1.165, 1.54) is 0 Å². The summed E-state index contributed by atoms with van der Waals surface area (Å²) >= 11 is 2.95. The van der Waals surface area contributed by atoms with Crippen LogP contribution in [0, 0.1) is 17.0 Å². The van der Waals surface area contributed by atoms with E-state index >= 15 is 0 Å². The smallest absolute Gasteiger partial charge is 0.319 e. The molecule has 1 saturated carbocycles. The number of hydrogen-bond donors (Lipinski definition) is 3. The first-order valence-corrected chi connectivity index (χ1v) is 6.55. The second-order valence-corrected chi connectivity index (χ2v) is 5.63. The average molecular weight is 335 g/mol. The summed E-state index contributed by atoms with van der Waals surface area (Å²) in [6.45, 7) is 0.281. The fourth-order valence-corrected chi connectivity index (χ4v) is 2.06. The summed E-state index contributed by atoms with van der Waals surface area (Å²) in [6.07, 6.45) is 1.68. The van der Waals surface area contributed by atoms with Gasteiger partial charge in [-0.15, -0.1) is 0 Å². The molecule has 4 nitrogen and oxygen atoms in total. The Morgan fingerprint density at radius 1 is 1.37 bits per heavy atom. The molecule has 0 atom stereocenters. The van der Waals surface area contributed by atoms with Crippen LogP contribution in [0.1, 0.15) is 12.8 Å². The molecule has 1 fully saturated rings. The Hall–Kier alpha value is -1.21. The summed E-state index contributed by atoms with van der Waals surface area (Å²) in [5.74, 6) is -1.71. The monoisotopic (exact) mass is 334 g/mol. The minimum absolute atomic E-state index is 0.00567. The molecule has 3 N–H and O–H groups in total. The van der Waals surface area contributed by atoms with Crippen molar-refractivity contribution in [2.75, 3.05) is 18.5 Å². The van der Waals surface area contributed by atoms with Gasteiger partial charge < -0.3 is 15.7 Å². The lowest BCUT2D eigenvalue weighted by Gasteiger charge is -2.14. The summed E-state index contributed by atoms with van der Waals surface area (Å²) in [4.78, 5) is 11.5. The van der Waals surface area contributed by atoms with Gasteiger partial charge in [-0.2, -0.15) is 0 Å². The van der Waals surface area contributed by atoms with E-state index in [1.54, 1.807) is 0 Å². The van der Waals surface area contributed by atoms with Crippen LogP contribution in [0.3, 0.4) is 0 Å². The highest BCUT2D eigenvalue weighted by Gasteiger charge is 2.42. The van der Waals surface area contributed by atoms with Crippen molar-refractivity contribution in [3.05, 3.63) is 28.2 Å². The third-order valence-electron chi connectivity index (χ3n) is 3.16. The Balaban J connectivity index is 1.95. The molecule has 0 bridgehead atoms. The standard InChI is InChI=1S/C12H13BrF2N2O2/c13-7-3-8(14)10(9(15)4-7)17-11(19)16-5-12(6-18)1-2-12/h3-4,18H,1-2,5-6H2,(H2,16,17,19). The van der Waals surface area contributed by atoms with Gasteiger partial charge in [0.25, 0.3) is 0 Å². The molecule has 0 saturated heterocycles. The van der Waals surface area contributed by atoms with Crippen molar-refractivity contribution in [1.29, 1.82) is 0 Å². The summed E-state index contributed by atoms with van der Waals surface area (Å²) in [5.41, 5.74) is -0.747. The van der Waals surface area contributed by atoms with E-state index in [0.29, 0.717) is 0 Å². The highest BCUT2D eigenvalue weighted by atomic mass is 79.9. The summed E-state index contributed by atoms with van der Waals surface area (Å²) in [7, 11) is 0. The van der Waals surface area contributed by atoms with Gasteiger partial charge in [0.1, 0.15) is 5.69 Å². The van der Waals surface area contributed by atoms with Crippen LogP contribution < -0.4 is 10.6 Å². The van der Waals surface area contributed by atoms with Gasteiger partial charge in [-0.1, -0.05) is 15.9 Å². The van der Waals surface area contributed by atoms with Gasteiger partial charge in [0.2, 0.25) is 0 Å². The number of urea groups is 1. The third-order valence-corrected chi connectivity index (χ3v) is 3.62. The van der Waals surface area contributed by atoms with Crippen LogP contribution >= 0.6 is 15.9 Å². The van der Waals surface area contributed by atoms with Crippen LogP contribution in [0.4, 0.5) is 19.3 Å². The maximum absolute atomic E-state index is 13.5. The normalized spacial score (nSPS) is 16.0. The summed E-state index contributed by atoms with van der Waals surface area (Å²) in [6, 6.07) is 1.43. The Kier molecular flexibility index (Phi) is 4.05. The van der Waals surface area contributed by atoms with Gasteiger partial charge in [-0.05, 0) is 25.0 Å². The van der Waals surface area contributed by atoms with E-state index < -0.39 is 23.4 Å². The molecule has 0 radical (unpaired) electrons. The van der Waals surface area contributed by atoms with Gasteiger partial charge in [-0.3, -0.25) is 0 Å². The summed E-state index contributed by atoms with van der Waals surface area (Å²) in [5, 5.41) is 13.7. The van der Waals surface area contributed by atoms with Crippen molar-refractivity contribution >= 4 is 27.6 Å². The number of anilines is 1. The summed E-state index contributed by atoms with van der Waals surface area (Å²) < 4.78 is 27.2. The lowest BCUT2D eigenvalue weighted by Crippen LogP contribution is -2.35. The molecule has 0 spiro atoms. The molecular weight excluding hydrogens is 322 g/mol. The Bertz CT molecular complexity index is 483. The molecule has 104 valence electrons. The fourth-order valence-electron chi connectivity index (χ4n) is 1.65. The average Bonchev–Trinajstić information content (AvgIpc) is 3.12. The van der Waals surface area contributed by atoms with E-state index in [0.717, 1.165) is 25.0 Å². The molecule has 0 heterocycles. The number of carbonyl (C=O) groups excluding carboxylic acids is 1. The van der Waals surface area contributed by atoms with Crippen LogP contribution in [0.15, 0.2) is 16.6 Å². The molecule has 0 unspecified atom stereocenters. The first kappa shape index (κ1) is 14.2. The van der Waals surface area contributed by atoms with Gasteiger partial charge in [-0.25, -0.2) is 13.6 Å². The number of amides is 2. The second kappa shape index (κ2) is 5.42. The van der Waals surface area contributed by atoms with Crippen molar-refractivity contribution in [2.24, 2.45) is 5.41 Å². The maximum atomic E-state index is 13.5.